The van der Waals surface area contributed by atoms with E-state index in [0.29, 0.717) is 11.6 Å². The van der Waals surface area contributed by atoms with E-state index in [1.165, 1.54) is 12.1 Å². The Labute approximate surface area is 122 Å². The van der Waals surface area contributed by atoms with Crippen molar-refractivity contribution in [2.45, 2.75) is 25.8 Å². The van der Waals surface area contributed by atoms with Crippen molar-refractivity contribution in [3.05, 3.63) is 47.8 Å². The number of halogens is 1. The molecule has 21 heavy (non-hydrogen) atoms. The number of anilines is 1. The fourth-order valence-electron chi connectivity index (χ4n) is 2.90. The van der Waals surface area contributed by atoms with Crippen molar-refractivity contribution in [1.82, 2.24) is 9.55 Å². The Kier molecular flexibility index (Phi) is 2.55. The molecule has 1 saturated carbocycles. The molecule has 1 fully saturated rings. The molecule has 3 nitrogen and oxygen atoms in total. The van der Waals surface area contributed by atoms with Crippen molar-refractivity contribution in [2.75, 3.05) is 5.73 Å². The smallest absolute Gasteiger partial charge is 0.141 e. The first-order valence-electron chi connectivity index (χ1n) is 7.17. The predicted octanol–water partition coefficient (Wildman–Crippen LogP) is 4.07. The topological polar surface area (TPSA) is 43.8 Å². The molecule has 0 aliphatic heterocycles. The summed E-state index contributed by atoms with van der Waals surface area (Å²) in [6.07, 6.45) is 2.31. The van der Waals surface area contributed by atoms with Crippen LogP contribution in [0.1, 0.15) is 24.4 Å². The van der Waals surface area contributed by atoms with Gasteiger partial charge in [-0.05, 0) is 55.7 Å². The first-order chi connectivity index (χ1) is 10.1. The number of rotatable bonds is 2. The van der Waals surface area contributed by atoms with Crippen molar-refractivity contribution in [1.29, 1.82) is 0 Å². The number of nitrogens with two attached hydrogens (primary N) is 1. The van der Waals surface area contributed by atoms with Crippen molar-refractivity contribution in [3.8, 4) is 11.4 Å². The van der Waals surface area contributed by atoms with Gasteiger partial charge in [0.1, 0.15) is 11.6 Å². The van der Waals surface area contributed by atoms with Crippen LogP contribution in [0.2, 0.25) is 0 Å². The quantitative estimate of drug-likeness (QED) is 0.720. The largest absolute Gasteiger partial charge is 0.399 e. The minimum atomic E-state index is -0.247. The molecule has 1 heterocycles. The van der Waals surface area contributed by atoms with Crippen LogP contribution in [0.5, 0.6) is 0 Å². The van der Waals surface area contributed by atoms with Gasteiger partial charge in [-0.2, -0.15) is 0 Å². The van der Waals surface area contributed by atoms with Crippen LogP contribution in [0.4, 0.5) is 10.1 Å². The van der Waals surface area contributed by atoms with E-state index in [9.17, 15) is 4.39 Å². The fourth-order valence-corrected chi connectivity index (χ4v) is 2.90. The van der Waals surface area contributed by atoms with Crippen LogP contribution in [0.25, 0.3) is 22.4 Å². The Morgan fingerprint density at radius 3 is 2.71 bits per heavy atom. The molecule has 2 N–H and O–H groups in total. The number of fused-ring (bicyclic) bond motifs is 1. The maximum absolute atomic E-state index is 13.5. The molecular formula is C17H16FN3. The van der Waals surface area contributed by atoms with Gasteiger partial charge in [-0.15, -0.1) is 0 Å². The van der Waals surface area contributed by atoms with Gasteiger partial charge < -0.3 is 10.3 Å². The van der Waals surface area contributed by atoms with Gasteiger partial charge in [-0.3, -0.25) is 0 Å². The van der Waals surface area contributed by atoms with E-state index in [1.807, 2.05) is 31.2 Å². The zero-order valence-electron chi connectivity index (χ0n) is 11.8. The van der Waals surface area contributed by atoms with Gasteiger partial charge in [-0.25, -0.2) is 9.37 Å². The second-order valence-electron chi connectivity index (χ2n) is 5.74. The van der Waals surface area contributed by atoms with E-state index in [2.05, 4.69) is 9.55 Å². The van der Waals surface area contributed by atoms with Crippen LogP contribution in [-0.4, -0.2) is 9.55 Å². The fraction of sp³-hybridized carbons (Fsp3) is 0.235. The maximum atomic E-state index is 13.5. The first-order valence-corrected chi connectivity index (χ1v) is 7.17. The van der Waals surface area contributed by atoms with Crippen molar-refractivity contribution >= 4 is 16.7 Å². The molecule has 4 heteroatoms. The lowest BCUT2D eigenvalue weighted by molar-refractivity contribution is 0.629. The van der Waals surface area contributed by atoms with Gasteiger partial charge in [0.05, 0.1) is 11.0 Å². The number of aromatic nitrogens is 2. The number of imidazole rings is 1. The number of hydrogen-bond acceptors (Lipinski definition) is 2. The third kappa shape index (κ3) is 1.98. The van der Waals surface area contributed by atoms with Gasteiger partial charge in [0.2, 0.25) is 0 Å². The summed E-state index contributed by atoms with van der Waals surface area (Å²) >= 11 is 0. The Morgan fingerprint density at radius 2 is 2.00 bits per heavy atom. The van der Waals surface area contributed by atoms with Crippen LogP contribution in [-0.2, 0) is 0 Å². The summed E-state index contributed by atoms with van der Waals surface area (Å²) < 4.78 is 15.7. The standard InChI is InChI=1S/C17H16FN3/c1-10-8-12(19)3-6-14(10)17-20-15-9-11(18)2-7-16(15)21(17)13-4-5-13/h2-3,6-9,13H,4-5,19H2,1H3. The molecule has 0 bridgehead atoms. The zero-order valence-corrected chi connectivity index (χ0v) is 11.8. The predicted molar refractivity (Wildman–Crippen MR) is 82.5 cm³/mol. The molecule has 3 aromatic rings. The van der Waals surface area contributed by atoms with E-state index in [0.717, 1.165) is 41.0 Å². The highest BCUT2D eigenvalue weighted by Crippen LogP contribution is 2.42. The first kappa shape index (κ1) is 12.4. The average molecular weight is 281 g/mol. The highest BCUT2D eigenvalue weighted by Gasteiger charge is 2.29. The minimum absolute atomic E-state index is 0.247. The van der Waals surface area contributed by atoms with E-state index in [1.54, 1.807) is 0 Å². The van der Waals surface area contributed by atoms with E-state index < -0.39 is 0 Å². The van der Waals surface area contributed by atoms with E-state index in [-0.39, 0.29) is 5.82 Å². The maximum Gasteiger partial charge on any atom is 0.141 e. The molecule has 4 rings (SSSR count). The summed E-state index contributed by atoms with van der Waals surface area (Å²) in [7, 11) is 0. The molecule has 0 amide bonds. The summed E-state index contributed by atoms with van der Waals surface area (Å²) in [5, 5.41) is 0. The molecule has 1 aromatic heterocycles. The molecule has 0 unspecified atom stereocenters. The summed E-state index contributed by atoms with van der Waals surface area (Å²) in [6.45, 7) is 2.03. The third-order valence-corrected chi connectivity index (χ3v) is 4.05. The number of nitrogens with zero attached hydrogens (tertiary/aromatic N) is 2. The lowest BCUT2D eigenvalue weighted by atomic mass is 10.1. The molecule has 2 aromatic carbocycles. The Morgan fingerprint density at radius 1 is 1.19 bits per heavy atom. The van der Waals surface area contributed by atoms with Gasteiger partial charge >= 0.3 is 0 Å². The normalized spacial score (nSPS) is 14.8. The number of aryl methyl sites for hydroxylation is 1. The molecule has 106 valence electrons. The second kappa shape index (κ2) is 4.32. The van der Waals surface area contributed by atoms with Crippen LogP contribution in [0.3, 0.4) is 0 Å². The number of hydrogen-bond donors (Lipinski definition) is 1. The molecule has 0 spiro atoms. The van der Waals surface area contributed by atoms with Gasteiger partial charge in [0.15, 0.2) is 0 Å². The van der Waals surface area contributed by atoms with Crippen LogP contribution in [0.15, 0.2) is 36.4 Å². The second-order valence-corrected chi connectivity index (χ2v) is 5.74. The van der Waals surface area contributed by atoms with Crippen molar-refractivity contribution in [3.63, 3.8) is 0 Å². The molecule has 0 radical (unpaired) electrons. The molecule has 0 saturated heterocycles. The zero-order chi connectivity index (χ0) is 14.6. The Bertz CT molecular complexity index is 847. The van der Waals surface area contributed by atoms with E-state index in [4.69, 9.17) is 5.73 Å². The summed E-state index contributed by atoms with van der Waals surface area (Å²) in [6, 6.07) is 11.2. The summed E-state index contributed by atoms with van der Waals surface area (Å²) in [4.78, 5) is 4.68. The van der Waals surface area contributed by atoms with Crippen molar-refractivity contribution < 1.29 is 4.39 Å². The summed E-state index contributed by atoms with van der Waals surface area (Å²) in [5.41, 5.74) is 10.5. The SMILES string of the molecule is Cc1cc(N)ccc1-c1nc2cc(F)ccc2n1C1CC1. The lowest BCUT2D eigenvalue weighted by Gasteiger charge is -2.10. The van der Waals surface area contributed by atoms with Crippen molar-refractivity contribution in [2.24, 2.45) is 0 Å². The highest BCUT2D eigenvalue weighted by atomic mass is 19.1. The average Bonchev–Trinajstić information content (AvgIpc) is 3.20. The third-order valence-electron chi connectivity index (χ3n) is 4.05. The van der Waals surface area contributed by atoms with Crippen LogP contribution in [0, 0.1) is 12.7 Å². The van der Waals surface area contributed by atoms with Gasteiger partial charge in [0.25, 0.3) is 0 Å². The van der Waals surface area contributed by atoms with E-state index >= 15 is 0 Å². The molecule has 1 aliphatic carbocycles. The molecular weight excluding hydrogens is 265 g/mol. The molecule has 1 aliphatic rings. The molecule has 0 atom stereocenters. The Balaban J connectivity index is 2.01. The van der Waals surface area contributed by atoms with Crippen LogP contribution >= 0.6 is 0 Å². The lowest BCUT2D eigenvalue weighted by Crippen LogP contribution is -1.99. The van der Waals surface area contributed by atoms with Crippen LogP contribution < -0.4 is 5.73 Å². The van der Waals surface area contributed by atoms with Gasteiger partial charge in [-0.1, -0.05) is 0 Å². The van der Waals surface area contributed by atoms with Gasteiger partial charge in [0, 0.05) is 23.4 Å². The summed E-state index contributed by atoms with van der Waals surface area (Å²) in [5.74, 6) is 0.666. The number of nitrogen functional groups attached to an aromatic ring is 1. The minimum Gasteiger partial charge on any atom is -0.399 e. The number of benzene rings is 2. The Hall–Kier alpha value is -2.36. The highest BCUT2D eigenvalue weighted by molar-refractivity contribution is 5.82. The monoisotopic (exact) mass is 281 g/mol.